The monoisotopic (exact) mass is 512 g/mol. The van der Waals surface area contributed by atoms with Crippen LogP contribution in [0.15, 0.2) is 29.2 Å². The van der Waals surface area contributed by atoms with Gasteiger partial charge in [-0.3, -0.25) is 9.25 Å². The van der Waals surface area contributed by atoms with Crippen LogP contribution in [0.3, 0.4) is 0 Å². The molecule has 0 unspecified atom stereocenters. The highest BCUT2D eigenvalue weighted by Gasteiger charge is 2.35. The van der Waals surface area contributed by atoms with E-state index < -0.39 is 27.9 Å². The van der Waals surface area contributed by atoms with Gasteiger partial charge in [0.1, 0.15) is 5.69 Å². The summed E-state index contributed by atoms with van der Waals surface area (Å²) in [6.07, 6.45) is -4.61. The number of hydrogen-bond acceptors (Lipinski definition) is 6. The minimum atomic E-state index is -4.61. The Morgan fingerprint density at radius 3 is 2.44 bits per heavy atom. The molecule has 1 atom stereocenters. The fourth-order valence-corrected chi connectivity index (χ4v) is 4.43. The number of nitrogens with one attached hydrogen (secondary N) is 1. The topological polar surface area (TPSA) is 104 Å². The van der Waals surface area contributed by atoms with Crippen molar-refractivity contribution >= 4 is 33.2 Å². The van der Waals surface area contributed by atoms with Gasteiger partial charge in [-0.1, -0.05) is 28.3 Å². The molecule has 0 saturated heterocycles. The summed E-state index contributed by atoms with van der Waals surface area (Å²) in [5.74, 6) is -0.157. The summed E-state index contributed by atoms with van der Waals surface area (Å²) >= 11 is 11.7. The lowest BCUT2D eigenvalue weighted by atomic mass is 10.3. The molecule has 0 fully saturated rings. The zero-order valence-electron chi connectivity index (χ0n) is 16.9. The van der Waals surface area contributed by atoms with E-state index in [1.807, 2.05) is 0 Å². The number of halogens is 5. The van der Waals surface area contributed by atoms with E-state index in [4.69, 9.17) is 27.9 Å². The Bertz CT molecular complexity index is 1240. The number of aryl methyl sites for hydroxylation is 1. The molecule has 174 valence electrons. The van der Waals surface area contributed by atoms with Gasteiger partial charge in [0.15, 0.2) is 5.82 Å². The summed E-state index contributed by atoms with van der Waals surface area (Å²) in [5.41, 5.74) is -1.00. The van der Waals surface area contributed by atoms with E-state index in [1.54, 1.807) is 6.92 Å². The van der Waals surface area contributed by atoms with Crippen LogP contribution in [0.4, 0.5) is 13.2 Å². The van der Waals surface area contributed by atoms with Crippen LogP contribution >= 0.6 is 23.2 Å². The zero-order chi connectivity index (χ0) is 23.8. The van der Waals surface area contributed by atoms with E-state index in [0.29, 0.717) is 4.68 Å². The average molecular weight is 513 g/mol. The van der Waals surface area contributed by atoms with Crippen LogP contribution in [0.25, 0.3) is 0 Å². The summed E-state index contributed by atoms with van der Waals surface area (Å²) in [5, 5.41) is 11.7. The molecule has 9 nitrogen and oxygen atoms in total. The number of alkyl halides is 3. The molecule has 0 saturated carbocycles. The van der Waals surface area contributed by atoms with E-state index >= 15 is 0 Å². The first-order valence-electron chi connectivity index (χ1n) is 9.03. The van der Waals surface area contributed by atoms with Crippen molar-refractivity contribution in [2.45, 2.75) is 37.5 Å². The minimum absolute atomic E-state index is 0.0724. The van der Waals surface area contributed by atoms with Crippen molar-refractivity contribution in [2.24, 2.45) is 7.05 Å². The molecule has 1 N–H and O–H groups in total. The Labute approximate surface area is 191 Å². The molecule has 0 aliphatic heterocycles. The van der Waals surface area contributed by atoms with Gasteiger partial charge in [-0.05, 0) is 32.0 Å². The van der Waals surface area contributed by atoms with Crippen molar-refractivity contribution in [3.8, 4) is 11.9 Å². The summed E-state index contributed by atoms with van der Waals surface area (Å²) in [6.45, 7) is 3.48. The molecule has 0 amide bonds. The molecule has 0 aliphatic rings. The summed E-state index contributed by atoms with van der Waals surface area (Å²) < 4.78 is 74.2. The maximum Gasteiger partial charge on any atom is 0.433 e. The van der Waals surface area contributed by atoms with Crippen molar-refractivity contribution in [2.75, 3.05) is 0 Å². The van der Waals surface area contributed by atoms with E-state index in [-0.39, 0.29) is 39.2 Å². The molecule has 32 heavy (non-hydrogen) atoms. The molecule has 0 spiro atoms. The van der Waals surface area contributed by atoms with Gasteiger partial charge < -0.3 is 4.74 Å². The lowest BCUT2D eigenvalue weighted by molar-refractivity contribution is -0.143. The highest BCUT2D eigenvalue weighted by molar-refractivity contribution is 7.89. The van der Waals surface area contributed by atoms with Crippen LogP contribution in [0.5, 0.6) is 11.9 Å². The van der Waals surface area contributed by atoms with E-state index in [1.165, 1.54) is 29.7 Å². The SMILES string of the molecule is CCn1c(Oc2cc(C(F)(F)F)n(C)n2)nnc1[C@@H](C)NS(=O)(=O)c1ccc(Cl)c(Cl)c1. The second-order valence-electron chi connectivity index (χ2n) is 6.60. The molecule has 15 heteroatoms. The number of benzene rings is 1. The fourth-order valence-electron chi connectivity index (χ4n) is 2.84. The van der Waals surface area contributed by atoms with Gasteiger partial charge in [0.25, 0.3) is 0 Å². The third-order valence-electron chi connectivity index (χ3n) is 4.33. The van der Waals surface area contributed by atoms with Crippen molar-refractivity contribution < 1.29 is 26.3 Å². The molecular formula is C17H17Cl2F3N6O3S. The number of rotatable bonds is 7. The Kier molecular flexibility index (Phi) is 6.75. The van der Waals surface area contributed by atoms with Crippen molar-refractivity contribution in [3.63, 3.8) is 0 Å². The summed E-state index contributed by atoms with van der Waals surface area (Å²) in [6, 6.07) is 3.57. The van der Waals surface area contributed by atoms with Crippen LogP contribution in [0.1, 0.15) is 31.4 Å². The highest BCUT2D eigenvalue weighted by atomic mass is 35.5. The lowest BCUT2D eigenvalue weighted by Gasteiger charge is -2.15. The Hall–Kier alpha value is -2.35. The molecule has 2 aromatic heterocycles. The third kappa shape index (κ3) is 5.00. The van der Waals surface area contributed by atoms with Gasteiger partial charge in [-0.2, -0.15) is 13.2 Å². The first-order valence-corrected chi connectivity index (χ1v) is 11.3. The Morgan fingerprint density at radius 1 is 1.19 bits per heavy atom. The van der Waals surface area contributed by atoms with Crippen molar-refractivity contribution in [1.82, 2.24) is 29.3 Å². The molecule has 3 aromatic rings. The number of nitrogens with zero attached hydrogens (tertiary/aromatic N) is 5. The molecule has 0 radical (unpaired) electrons. The Morgan fingerprint density at radius 2 is 1.88 bits per heavy atom. The van der Waals surface area contributed by atoms with Gasteiger partial charge >= 0.3 is 12.2 Å². The van der Waals surface area contributed by atoms with Crippen molar-refractivity contribution in [1.29, 1.82) is 0 Å². The quantitative estimate of drug-likeness (QED) is 0.508. The van der Waals surface area contributed by atoms with Gasteiger partial charge in [0.05, 0.1) is 21.0 Å². The average Bonchev–Trinajstić information content (AvgIpc) is 3.26. The van der Waals surface area contributed by atoms with Crippen LogP contribution in [-0.4, -0.2) is 33.0 Å². The number of hydrogen-bond donors (Lipinski definition) is 1. The summed E-state index contributed by atoms with van der Waals surface area (Å²) in [4.78, 5) is -0.106. The van der Waals surface area contributed by atoms with Crippen LogP contribution in [-0.2, 0) is 29.8 Å². The number of aromatic nitrogens is 5. The molecule has 3 rings (SSSR count). The standard InChI is InChI=1S/C17H17Cl2F3N6O3S/c1-4-28-15(9(2)26-32(29,30)10-5-6-11(18)12(19)7-10)23-24-16(28)31-14-8-13(17(20,21)22)27(3)25-14/h5-9,26H,4H2,1-3H3/t9-/m1/s1. The van der Waals surface area contributed by atoms with Crippen molar-refractivity contribution in [3.05, 3.63) is 45.8 Å². The smallest absolute Gasteiger partial charge is 0.404 e. The molecule has 0 bridgehead atoms. The van der Waals surface area contributed by atoms with Gasteiger partial charge in [0, 0.05) is 19.7 Å². The van der Waals surface area contributed by atoms with Gasteiger partial charge in [-0.15, -0.1) is 10.2 Å². The number of ether oxygens (including phenoxy) is 1. The normalized spacial score (nSPS) is 13.4. The van der Waals surface area contributed by atoms with Gasteiger partial charge in [0.2, 0.25) is 15.9 Å². The first-order chi connectivity index (χ1) is 14.8. The predicted molar refractivity (Wildman–Crippen MR) is 109 cm³/mol. The second-order valence-corrected chi connectivity index (χ2v) is 9.12. The van der Waals surface area contributed by atoms with E-state index in [2.05, 4.69) is 20.0 Å². The molecule has 2 heterocycles. The fraction of sp³-hybridized carbons (Fsp3) is 0.353. The predicted octanol–water partition coefficient (Wildman–Crippen LogP) is 4.19. The second kappa shape index (κ2) is 8.89. The zero-order valence-corrected chi connectivity index (χ0v) is 19.2. The van der Waals surface area contributed by atoms with E-state index in [0.717, 1.165) is 13.1 Å². The molecule has 0 aliphatic carbocycles. The lowest BCUT2D eigenvalue weighted by Crippen LogP contribution is -2.29. The highest BCUT2D eigenvalue weighted by Crippen LogP contribution is 2.32. The molecular weight excluding hydrogens is 496 g/mol. The third-order valence-corrected chi connectivity index (χ3v) is 6.60. The number of sulfonamides is 1. The largest absolute Gasteiger partial charge is 0.433 e. The maximum absolute atomic E-state index is 13.0. The minimum Gasteiger partial charge on any atom is -0.404 e. The van der Waals surface area contributed by atoms with E-state index in [9.17, 15) is 21.6 Å². The summed E-state index contributed by atoms with van der Waals surface area (Å²) in [7, 11) is -2.87. The van der Waals surface area contributed by atoms with Crippen LogP contribution in [0.2, 0.25) is 10.0 Å². The molecule has 1 aromatic carbocycles. The Balaban J connectivity index is 1.84. The van der Waals surface area contributed by atoms with Crippen LogP contribution < -0.4 is 9.46 Å². The maximum atomic E-state index is 13.0. The van der Waals surface area contributed by atoms with Crippen LogP contribution in [0, 0.1) is 0 Å². The first kappa shape index (κ1) is 24.3. The van der Waals surface area contributed by atoms with Gasteiger partial charge in [-0.25, -0.2) is 13.1 Å².